The number of halogens is 2. The third kappa shape index (κ3) is 4.06. The second-order valence-corrected chi connectivity index (χ2v) is 9.58. The number of hydrogen-bond donors (Lipinski definition) is 1. The van der Waals surface area contributed by atoms with Crippen LogP contribution in [0.2, 0.25) is 5.02 Å². The largest absolute Gasteiger partial charge is 0.495 e. The van der Waals surface area contributed by atoms with E-state index in [9.17, 15) is 18.8 Å². The van der Waals surface area contributed by atoms with Gasteiger partial charge in [-0.1, -0.05) is 35.9 Å². The summed E-state index contributed by atoms with van der Waals surface area (Å²) in [7, 11) is 1.48. The summed E-state index contributed by atoms with van der Waals surface area (Å²) in [6, 6.07) is 16.2. The number of methoxy groups -OCH3 is 1. The van der Waals surface area contributed by atoms with E-state index in [4.69, 9.17) is 16.3 Å². The van der Waals surface area contributed by atoms with E-state index in [1.54, 1.807) is 31.2 Å². The number of carbonyl (C=O) groups excluding carboxylic acids is 1. The van der Waals surface area contributed by atoms with Gasteiger partial charge in [0.2, 0.25) is 5.91 Å². The van der Waals surface area contributed by atoms with E-state index in [1.807, 2.05) is 12.1 Å². The molecule has 5 rings (SSSR count). The number of nitrogens with one attached hydrogen (secondary N) is 1. The van der Waals surface area contributed by atoms with Crippen LogP contribution in [0.15, 0.2) is 70.3 Å². The van der Waals surface area contributed by atoms with Crippen molar-refractivity contribution in [3.63, 3.8) is 0 Å². The third-order valence-corrected chi connectivity index (χ3v) is 7.25. The molecule has 0 unspecified atom stereocenters. The Morgan fingerprint density at radius 2 is 1.89 bits per heavy atom. The molecule has 0 spiro atoms. The van der Waals surface area contributed by atoms with Gasteiger partial charge in [0.25, 0.3) is 5.56 Å². The van der Waals surface area contributed by atoms with E-state index in [0.29, 0.717) is 32.9 Å². The Morgan fingerprint density at radius 3 is 2.61 bits per heavy atom. The van der Waals surface area contributed by atoms with Gasteiger partial charge >= 0.3 is 5.69 Å². The molecule has 2 heterocycles. The highest BCUT2D eigenvalue weighted by Crippen LogP contribution is 2.31. The van der Waals surface area contributed by atoms with Crippen LogP contribution in [0.3, 0.4) is 0 Å². The van der Waals surface area contributed by atoms with E-state index in [2.05, 4.69) is 5.32 Å². The maximum Gasteiger partial charge on any atom is 0.336 e. The number of fused-ring (bicyclic) bond motifs is 3. The molecule has 0 atom stereocenters. The van der Waals surface area contributed by atoms with Crippen LogP contribution in [0, 0.1) is 12.7 Å². The molecule has 1 amide bonds. The number of ether oxygens (including phenoxy) is 1. The Hall–Kier alpha value is -3.95. The first-order valence-corrected chi connectivity index (χ1v) is 12.0. The molecule has 0 saturated carbocycles. The van der Waals surface area contributed by atoms with Crippen LogP contribution in [0.4, 0.5) is 10.1 Å². The van der Waals surface area contributed by atoms with E-state index < -0.39 is 23.0 Å². The number of carbonyl (C=O) groups is 1. The molecule has 3 aromatic carbocycles. The van der Waals surface area contributed by atoms with Crippen molar-refractivity contribution in [3.8, 4) is 11.4 Å². The van der Waals surface area contributed by atoms with Crippen molar-refractivity contribution >= 4 is 54.8 Å². The lowest BCUT2D eigenvalue weighted by atomic mass is 10.2. The molecular weight excluding hydrogens is 505 g/mol. The summed E-state index contributed by atoms with van der Waals surface area (Å²) in [5, 5.41) is 3.71. The number of thiophene rings is 1. The predicted octanol–water partition coefficient (Wildman–Crippen LogP) is 5.12. The number of rotatable bonds is 5. The quantitative estimate of drug-likeness (QED) is 0.347. The smallest absolute Gasteiger partial charge is 0.336 e. The highest BCUT2D eigenvalue weighted by molar-refractivity contribution is 7.25. The Bertz CT molecular complexity index is 1790. The summed E-state index contributed by atoms with van der Waals surface area (Å²) >= 11 is 7.37. The van der Waals surface area contributed by atoms with Gasteiger partial charge in [0.1, 0.15) is 22.8 Å². The van der Waals surface area contributed by atoms with Crippen molar-refractivity contribution in [2.75, 3.05) is 12.4 Å². The number of anilines is 1. The van der Waals surface area contributed by atoms with Gasteiger partial charge in [-0.2, -0.15) is 0 Å². The molecule has 7 nitrogen and oxygen atoms in total. The summed E-state index contributed by atoms with van der Waals surface area (Å²) in [5.41, 5.74) is -0.0760. The van der Waals surface area contributed by atoms with Crippen LogP contribution in [-0.4, -0.2) is 22.2 Å². The van der Waals surface area contributed by atoms with Crippen LogP contribution in [-0.2, 0) is 11.3 Å². The number of aryl methyl sites for hydroxylation is 1. The van der Waals surface area contributed by atoms with Gasteiger partial charge in [0, 0.05) is 15.8 Å². The van der Waals surface area contributed by atoms with Crippen molar-refractivity contribution in [2.24, 2.45) is 0 Å². The Kier molecular flexibility index (Phi) is 6.11. The molecule has 36 heavy (non-hydrogen) atoms. The van der Waals surface area contributed by atoms with Crippen LogP contribution >= 0.6 is 22.9 Å². The van der Waals surface area contributed by atoms with Crippen LogP contribution in [0.5, 0.6) is 5.75 Å². The van der Waals surface area contributed by atoms with Gasteiger partial charge in [-0.25, -0.2) is 13.8 Å². The summed E-state index contributed by atoms with van der Waals surface area (Å²) < 4.78 is 22.7. The molecule has 10 heteroatoms. The van der Waals surface area contributed by atoms with E-state index in [-0.39, 0.29) is 16.9 Å². The standard InChI is InChI=1S/C26H19ClFN3O4S/c1-14-7-9-16(12-19(14)28)31-25(33)24-23(17-5-3-4-6-21(17)36-24)30(26(31)34)13-22(32)29-15-8-10-20(35-2)18(27)11-15/h3-12H,13H2,1-2H3,(H,29,32). The highest BCUT2D eigenvalue weighted by Gasteiger charge is 2.21. The fourth-order valence-corrected chi connectivity index (χ4v) is 5.43. The molecule has 0 aliphatic heterocycles. The minimum atomic E-state index is -0.748. The normalized spacial score (nSPS) is 11.2. The molecule has 5 aromatic rings. The first-order valence-electron chi connectivity index (χ1n) is 10.9. The van der Waals surface area contributed by atoms with E-state index >= 15 is 0 Å². The predicted molar refractivity (Wildman–Crippen MR) is 141 cm³/mol. The first kappa shape index (κ1) is 23.8. The molecule has 0 aliphatic rings. The molecular formula is C26H19ClFN3O4S. The van der Waals surface area contributed by atoms with Crippen molar-refractivity contribution in [3.05, 3.63) is 97.9 Å². The lowest BCUT2D eigenvalue weighted by Crippen LogP contribution is -2.40. The van der Waals surface area contributed by atoms with Gasteiger partial charge < -0.3 is 10.1 Å². The molecule has 182 valence electrons. The van der Waals surface area contributed by atoms with Crippen molar-refractivity contribution in [1.82, 2.24) is 9.13 Å². The average molecular weight is 524 g/mol. The van der Waals surface area contributed by atoms with Crippen molar-refractivity contribution < 1.29 is 13.9 Å². The minimum absolute atomic E-state index is 0.0866. The molecule has 0 bridgehead atoms. The maximum atomic E-state index is 14.3. The summed E-state index contributed by atoms with van der Waals surface area (Å²) in [5.74, 6) is -0.596. The SMILES string of the molecule is COc1ccc(NC(=O)Cn2c(=O)n(-c3ccc(C)c(F)c3)c(=O)c3sc4ccccc4c32)cc1Cl. The Labute approximate surface area is 212 Å². The minimum Gasteiger partial charge on any atom is -0.495 e. The van der Waals surface area contributed by atoms with Gasteiger partial charge in [-0.15, -0.1) is 11.3 Å². The van der Waals surface area contributed by atoms with Gasteiger partial charge in [0.05, 0.1) is 23.3 Å². The number of amides is 1. The number of hydrogen-bond acceptors (Lipinski definition) is 5. The molecule has 0 fully saturated rings. The zero-order valence-corrected chi connectivity index (χ0v) is 20.7. The summed E-state index contributed by atoms with van der Waals surface area (Å²) in [6.45, 7) is 1.21. The molecule has 2 aromatic heterocycles. The second-order valence-electron chi connectivity index (χ2n) is 8.12. The van der Waals surface area contributed by atoms with Crippen molar-refractivity contribution in [1.29, 1.82) is 0 Å². The lowest BCUT2D eigenvalue weighted by molar-refractivity contribution is -0.116. The maximum absolute atomic E-state index is 14.3. The van der Waals surface area contributed by atoms with Crippen LogP contribution in [0.25, 0.3) is 26.0 Å². The third-order valence-electron chi connectivity index (χ3n) is 5.81. The van der Waals surface area contributed by atoms with Gasteiger partial charge in [-0.05, 0) is 48.9 Å². The van der Waals surface area contributed by atoms with Crippen LogP contribution < -0.4 is 21.3 Å². The van der Waals surface area contributed by atoms with E-state index in [0.717, 1.165) is 15.3 Å². The number of nitrogens with zero attached hydrogens (tertiary/aromatic N) is 2. The Morgan fingerprint density at radius 1 is 1.11 bits per heavy atom. The second kappa shape index (κ2) is 9.25. The zero-order chi connectivity index (χ0) is 25.6. The van der Waals surface area contributed by atoms with Crippen molar-refractivity contribution in [2.45, 2.75) is 13.5 Å². The fourth-order valence-electron chi connectivity index (χ4n) is 4.03. The monoisotopic (exact) mass is 523 g/mol. The topological polar surface area (TPSA) is 82.3 Å². The first-order chi connectivity index (χ1) is 17.3. The number of aromatic nitrogens is 2. The van der Waals surface area contributed by atoms with Crippen LogP contribution in [0.1, 0.15) is 5.56 Å². The summed E-state index contributed by atoms with van der Waals surface area (Å²) in [6.07, 6.45) is 0. The molecule has 0 aliphatic carbocycles. The molecule has 0 radical (unpaired) electrons. The number of benzene rings is 3. The average Bonchev–Trinajstić information content (AvgIpc) is 3.24. The van der Waals surface area contributed by atoms with Gasteiger partial charge in [-0.3, -0.25) is 14.2 Å². The van der Waals surface area contributed by atoms with E-state index in [1.165, 1.54) is 41.2 Å². The highest BCUT2D eigenvalue weighted by atomic mass is 35.5. The summed E-state index contributed by atoms with van der Waals surface area (Å²) in [4.78, 5) is 40.2. The fraction of sp³-hybridized carbons (Fsp3) is 0.115. The molecule has 0 saturated heterocycles. The van der Waals surface area contributed by atoms with Gasteiger partial charge in [0.15, 0.2) is 0 Å². The lowest BCUT2D eigenvalue weighted by Gasteiger charge is -2.14. The zero-order valence-electron chi connectivity index (χ0n) is 19.2. The molecule has 1 N–H and O–H groups in total. The Balaban J connectivity index is 1.68.